The molecular formula is C17H25NO10. The number of carbonyl (C=O) groups excluding carboxylic acids is 2. The first-order chi connectivity index (χ1) is 12.9. The Hall–Kier alpha value is -2.98. The second-order valence-corrected chi connectivity index (χ2v) is 6.47. The molecule has 0 saturated heterocycles. The first-order valence-corrected chi connectivity index (χ1v) is 8.65. The molecule has 0 unspecified atom stereocenters. The molecular weight excluding hydrogens is 378 g/mol. The van der Waals surface area contributed by atoms with Crippen LogP contribution in [0.4, 0.5) is 0 Å². The molecule has 0 bridgehead atoms. The summed E-state index contributed by atoms with van der Waals surface area (Å²) in [6, 6.07) is -1.26. The predicted octanol–water partition coefficient (Wildman–Crippen LogP) is 0.362. The van der Waals surface area contributed by atoms with Crippen molar-refractivity contribution in [1.29, 1.82) is 0 Å². The standard InChI is InChI=1S/C17H25NO10/c1-9(2-5-13(20)21)16(26)18-11(4-7-15(24)25)12(19)8-10(17(27)28)3-6-14(22)23/h9-11H,2-8H2,1H3,(H,18,26)(H,20,21)(H,22,23)(H,24,25)(H,27,28)/t9-,10+,11-/m0/s1. The summed E-state index contributed by atoms with van der Waals surface area (Å²) in [4.78, 5) is 67.8. The number of hydrogen-bond donors (Lipinski definition) is 5. The maximum Gasteiger partial charge on any atom is 0.306 e. The number of Topliss-reactive ketones (excluding diaryl/α,β-unsaturated/α-hetero) is 1. The molecule has 0 fully saturated rings. The van der Waals surface area contributed by atoms with Crippen molar-refractivity contribution in [2.24, 2.45) is 11.8 Å². The lowest BCUT2D eigenvalue weighted by Gasteiger charge is -2.21. The van der Waals surface area contributed by atoms with Crippen LogP contribution in [-0.2, 0) is 28.8 Å². The Morgan fingerprint density at radius 2 is 1.21 bits per heavy atom. The molecule has 0 aromatic heterocycles. The molecule has 0 aliphatic heterocycles. The molecule has 11 nitrogen and oxygen atoms in total. The molecule has 0 rings (SSSR count). The van der Waals surface area contributed by atoms with Crippen molar-refractivity contribution in [3.8, 4) is 0 Å². The first-order valence-electron chi connectivity index (χ1n) is 8.65. The summed E-state index contributed by atoms with van der Waals surface area (Å²) >= 11 is 0. The summed E-state index contributed by atoms with van der Waals surface area (Å²) in [7, 11) is 0. The molecule has 0 saturated carbocycles. The summed E-state index contributed by atoms with van der Waals surface area (Å²) < 4.78 is 0. The fraction of sp³-hybridized carbons (Fsp3) is 0.647. The van der Waals surface area contributed by atoms with Gasteiger partial charge in [-0.25, -0.2) is 0 Å². The molecule has 0 heterocycles. The smallest absolute Gasteiger partial charge is 0.306 e. The van der Waals surface area contributed by atoms with E-state index in [1.165, 1.54) is 6.92 Å². The van der Waals surface area contributed by atoms with Crippen molar-refractivity contribution in [2.45, 2.75) is 57.9 Å². The van der Waals surface area contributed by atoms with Gasteiger partial charge in [0.15, 0.2) is 5.78 Å². The van der Waals surface area contributed by atoms with Crippen LogP contribution in [0.1, 0.15) is 51.9 Å². The number of carbonyl (C=O) groups is 6. The van der Waals surface area contributed by atoms with Gasteiger partial charge in [-0.05, 0) is 19.3 Å². The summed E-state index contributed by atoms with van der Waals surface area (Å²) in [5.41, 5.74) is 0. The van der Waals surface area contributed by atoms with Gasteiger partial charge in [0.25, 0.3) is 0 Å². The average molecular weight is 403 g/mol. The topological polar surface area (TPSA) is 195 Å². The monoisotopic (exact) mass is 403 g/mol. The van der Waals surface area contributed by atoms with E-state index in [1.807, 2.05) is 0 Å². The zero-order chi connectivity index (χ0) is 21.9. The van der Waals surface area contributed by atoms with Crippen LogP contribution in [0.3, 0.4) is 0 Å². The van der Waals surface area contributed by atoms with E-state index < -0.39 is 72.7 Å². The Bertz CT molecular complexity index is 615. The van der Waals surface area contributed by atoms with E-state index in [4.69, 9.17) is 20.4 Å². The Kier molecular flexibility index (Phi) is 11.1. The normalized spacial score (nSPS) is 13.8. The zero-order valence-electron chi connectivity index (χ0n) is 15.4. The van der Waals surface area contributed by atoms with Crippen molar-refractivity contribution < 1.29 is 49.2 Å². The van der Waals surface area contributed by atoms with Gasteiger partial charge < -0.3 is 25.7 Å². The maximum atomic E-state index is 12.4. The third kappa shape index (κ3) is 10.9. The number of amides is 1. The van der Waals surface area contributed by atoms with Crippen molar-refractivity contribution in [3.05, 3.63) is 0 Å². The third-order valence-electron chi connectivity index (χ3n) is 4.09. The van der Waals surface area contributed by atoms with E-state index in [9.17, 15) is 28.8 Å². The number of hydrogen-bond acceptors (Lipinski definition) is 6. The second-order valence-electron chi connectivity index (χ2n) is 6.47. The van der Waals surface area contributed by atoms with E-state index in [0.717, 1.165) is 0 Å². The van der Waals surface area contributed by atoms with Crippen LogP contribution in [0.5, 0.6) is 0 Å². The highest BCUT2D eigenvalue weighted by molar-refractivity contribution is 5.92. The number of carboxylic acid groups (broad SMARTS) is 4. The highest BCUT2D eigenvalue weighted by atomic mass is 16.4. The minimum absolute atomic E-state index is 0.0113. The van der Waals surface area contributed by atoms with Gasteiger partial charge in [0, 0.05) is 31.6 Å². The largest absolute Gasteiger partial charge is 0.481 e. The summed E-state index contributed by atoms with van der Waals surface area (Å²) in [5.74, 6) is -8.31. The summed E-state index contributed by atoms with van der Waals surface area (Å²) in [6.07, 6.45) is -2.27. The van der Waals surface area contributed by atoms with Crippen molar-refractivity contribution in [3.63, 3.8) is 0 Å². The summed E-state index contributed by atoms with van der Waals surface area (Å²) in [6.45, 7) is 1.45. The molecule has 0 radical (unpaired) electrons. The van der Waals surface area contributed by atoms with Crippen LogP contribution < -0.4 is 5.32 Å². The quantitative estimate of drug-likeness (QED) is 0.255. The average Bonchev–Trinajstić information content (AvgIpc) is 2.58. The summed E-state index contributed by atoms with van der Waals surface area (Å²) in [5, 5.41) is 37.6. The highest BCUT2D eigenvalue weighted by Crippen LogP contribution is 2.16. The van der Waals surface area contributed by atoms with Crippen LogP contribution in [0.15, 0.2) is 0 Å². The number of rotatable bonds is 15. The number of ketones is 1. The predicted molar refractivity (Wildman–Crippen MR) is 92.5 cm³/mol. The molecule has 3 atom stereocenters. The van der Waals surface area contributed by atoms with E-state index >= 15 is 0 Å². The Balaban J connectivity index is 5.08. The van der Waals surface area contributed by atoms with Crippen LogP contribution in [0, 0.1) is 11.8 Å². The van der Waals surface area contributed by atoms with Gasteiger partial charge >= 0.3 is 23.9 Å². The molecule has 11 heteroatoms. The minimum Gasteiger partial charge on any atom is -0.481 e. The van der Waals surface area contributed by atoms with Gasteiger partial charge in [0.1, 0.15) is 0 Å². The van der Waals surface area contributed by atoms with E-state index in [-0.39, 0.29) is 25.7 Å². The SMILES string of the molecule is C[C@@H](CCC(=O)O)C(=O)N[C@@H](CCC(=O)O)C(=O)C[C@@H](CCC(=O)O)C(=O)O. The van der Waals surface area contributed by atoms with Crippen LogP contribution >= 0.6 is 0 Å². The van der Waals surface area contributed by atoms with Gasteiger partial charge in [0.05, 0.1) is 12.0 Å². The third-order valence-corrected chi connectivity index (χ3v) is 4.09. The lowest BCUT2D eigenvalue weighted by atomic mass is 9.92. The molecule has 0 spiro atoms. The van der Waals surface area contributed by atoms with E-state index in [2.05, 4.69) is 5.32 Å². The van der Waals surface area contributed by atoms with Crippen molar-refractivity contribution in [2.75, 3.05) is 0 Å². The Morgan fingerprint density at radius 1 is 0.750 bits per heavy atom. The molecule has 1 amide bonds. The fourth-order valence-electron chi connectivity index (χ4n) is 2.36. The number of carboxylic acids is 4. The van der Waals surface area contributed by atoms with E-state index in [0.29, 0.717) is 0 Å². The Morgan fingerprint density at radius 3 is 1.68 bits per heavy atom. The van der Waals surface area contributed by atoms with E-state index in [1.54, 1.807) is 0 Å². The molecule has 0 aliphatic carbocycles. The van der Waals surface area contributed by atoms with Crippen LogP contribution in [0.25, 0.3) is 0 Å². The first kappa shape index (κ1) is 25.0. The Labute approximate surface area is 160 Å². The fourth-order valence-corrected chi connectivity index (χ4v) is 2.36. The van der Waals surface area contributed by atoms with Gasteiger partial charge in [-0.1, -0.05) is 6.92 Å². The molecule has 5 N–H and O–H groups in total. The molecule has 0 aliphatic rings. The highest BCUT2D eigenvalue weighted by Gasteiger charge is 2.29. The van der Waals surface area contributed by atoms with Gasteiger partial charge in [-0.3, -0.25) is 28.8 Å². The minimum atomic E-state index is -1.37. The number of aliphatic carboxylic acids is 4. The van der Waals surface area contributed by atoms with Gasteiger partial charge in [0.2, 0.25) is 5.91 Å². The zero-order valence-corrected chi connectivity index (χ0v) is 15.4. The van der Waals surface area contributed by atoms with Crippen LogP contribution in [-0.4, -0.2) is 62.0 Å². The molecule has 0 aromatic rings. The lowest BCUT2D eigenvalue weighted by molar-refractivity contribution is -0.145. The van der Waals surface area contributed by atoms with Gasteiger partial charge in [-0.2, -0.15) is 0 Å². The van der Waals surface area contributed by atoms with Crippen LogP contribution in [0.2, 0.25) is 0 Å². The number of nitrogens with one attached hydrogen (secondary N) is 1. The van der Waals surface area contributed by atoms with Gasteiger partial charge in [-0.15, -0.1) is 0 Å². The maximum absolute atomic E-state index is 12.4. The molecule has 158 valence electrons. The van der Waals surface area contributed by atoms with Crippen molar-refractivity contribution >= 4 is 35.6 Å². The molecule has 0 aromatic carbocycles. The molecule has 28 heavy (non-hydrogen) atoms. The lowest BCUT2D eigenvalue weighted by Crippen LogP contribution is -2.44. The second kappa shape index (κ2) is 12.4. The van der Waals surface area contributed by atoms with Crippen molar-refractivity contribution in [1.82, 2.24) is 5.32 Å².